The zero-order valence-electron chi connectivity index (χ0n) is 22.7. The Hall–Kier alpha value is -2.16. The number of unbranched alkanes of at least 4 members (excludes halogenated alkanes) is 3. The molecule has 0 aromatic rings. The van der Waals surface area contributed by atoms with Crippen LogP contribution in [0.4, 0.5) is 0 Å². The van der Waals surface area contributed by atoms with Crippen molar-refractivity contribution in [2.45, 2.75) is 121 Å². The lowest BCUT2D eigenvalue weighted by molar-refractivity contribution is -0.151. The average molecular weight is 523 g/mol. The normalized spacial score (nSPS) is 31.2. The molecular weight excluding hydrogens is 476 g/mol. The number of amides is 2. The Balaban J connectivity index is 1.73. The molecular formula is C28H46N2O7. The SMILES string of the molecule is CCCCCCOC(=O)C[C@H]1CCCCCCCC[C@H]2C[C@@]2(C(=O)O)NC(=O)[C@@H]2C[C@@H](OC)CN2C1=O. The van der Waals surface area contributed by atoms with Gasteiger partial charge in [-0.3, -0.25) is 14.4 Å². The maximum atomic E-state index is 13.7. The van der Waals surface area contributed by atoms with Crippen molar-refractivity contribution in [3.05, 3.63) is 0 Å². The van der Waals surface area contributed by atoms with Crippen molar-refractivity contribution in [3.8, 4) is 0 Å². The maximum absolute atomic E-state index is 13.7. The number of nitrogens with zero attached hydrogens (tertiary/aromatic N) is 1. The van der Waals surface area contributed by atoms with E-state index in [-0.39, 0.29) is 36.9 Å². The second-order valence-electron chi connectivity index (χ2n) is 11.1. The number of carbonyl (C=O) groups excluding carboxylic acids is 3. The lowest BCUT2D eigenvalue weighted by atomic mass is 9.94. The van der Waals surface area contributed by atoms with Crippen molar-refractivity contribution in [1.82, 2.24) is 10.2 Å². The van der Waals surface area contributed by atoms with Gasteiger partial charge in [-0.1, -0.05) is 64.7 Å². The van der Waals surface area contributed by atoms with Crippen LogP contribution in [0, 0.1) is 11.8 Å². The molecule has 3 aliphatic rings. The number of ether oxygens (including phenoxy) is 2. The van der Waals surface area contributed by atoms with Crippen LogP contribution in [0.2, 0.25) is 0 Å². The fraction of sp³-hybridized carbons (Fsp3) is 0.857. The van der Waals surface area contributed by atoms with Gasteiger partial charge in [-0.2, -0.15) is 0 Å². The monoisotopic (exact) mass is 522 g/mol. The summed E-state index contributed by atoms with van der Waals surface area (Å²) in [6.45, 7) is 2.73. The maximum Gasteiger partial charge on any atom is 0.329 e. The van der Waals surface area contributed by atoms with Crippen LogP contribution in [0.5, 0.6) is 0 Å². The molecule has 2 N–H and O–H groups in total. The van der Waals surface area contributed by atoms with E-state index in [0.29, 0.717) is 25.9 Å². The molecule has 9 nitrogen and oxygen atoms in total. The van der Waals surface area contributed by atoms with Gasteiger partial charge in [-0.05, 0) is 31.6 Å². The lowest BCUT2D eigenvalue weighted by Gasteiger charge is -2.29. The summed E-state index contributed by atoms with van der Waals surface area (Å²) in [6, 6.07) is -0.810. The van der Waals surface area contributed by atoms with Crippen molar-refractivity contribution < 1.29 is 33.8 Å². The molecule has 5 atom stereocenters. The van der Waals surface area contributed by atoms with Gasteiger partial charge >= 0.3 is 11.9 Å². The zero-order valence-corrected chi connectivity index (χ0v) is 22.7. The van der Waals surface area contributed by atoms with Crippen LogP contribution in [0.1, 0.15) is 103 Å². The van der Waals surface area contributed by atoms with Crippen LogP contribution >= 0.6 is 0 Å². The minimum Gasteiger partial charge on any atom is -0.479 e. The Kier molecular flexibility index (Phi) is 11.2. The van der Waals surface area contributed by atoms with E-state index < -0.39 is 29.4 Å². The summed E-state index contributed by atoms with van der Waals surface area (Å²) in [5.74, 6) is -2.72. The summed E-state index contributed by atoms with van der Waals surface area (Å²) in [5.41, 5.74) is -1.24. The summed E-state index contributed by atoms with van der Waals surface area (Å²) < 4.78 is 10.9. The smallest absolute Gasteiger partial charge is 0.329 e. The summed E-state index contributed by atoms with van der Waals surface area (Å²) in [6.07, 6.45) is 11.7. The van der Waals surface area contributed by atoms with Crippen molar-refractivity contribution in [1.29, 1.82) is 0 Å². The van der Waals surface area contributed by atoms with Crippen molar-refractivity contribution >= 4 is 23.8 Å². The van der Waals surface area contributed by atoms with Crippen LogP contribution in [0.15, 0.2) is 0 Å². The van der Waals surface area contributed by atoms with E-state index in [1.807, 2.05) is 0 Å². The van der Waals surface area contributed by atoms with Crippen LogP contribution < -0.4 is 5.32 Å². The molecule has 3 fully saturated rings. The molecule has 2 aliphatic heterocycles. The van der Waals surface area contributed by atoms with E-state index in [9.17, 15) is 24.3 Å². The number of hydrogen-bond acceptors (Lipinski definition) is 6. The van der Waals surface area contributed by atoms with Crippen molar-refractivity contribution in [2.24, 2.45) is 11.8 Å². The number of carboxylic acids is 1. The van der Waals surface area contributed by atoms with Crippen molar-refractivity contribution in [2.75, 3.05) is 20.3 Å². The molecule has 1 saturated carbocycles. The second-order valence-corrected chi connectivity index (χ2v) is 11.1. The molecule has 210 valence electrons. The number of carboxylic acid groups (broad SMARTS) is 1. The standard InChI is InChI=1S/C28H46N2O7/c1-3-4-5-12-15-37-24(31)16-20-13-10-8-6-7-9-11-14-21-18-28(21,27(34)35)29-25(32)23-17-22(36-2)19-30(23)26(20)33/h20-23H,3-19H2,1-2H3,(H,29,32)(H,34,35)/t20-,21+,22-,23+,28-/m1/s1. The number of fused-ring (bicyclic) bond motifs is 2. The fourth-order valence-corrected chi connectivity index (χ4v) is 5.92. The summed E-state index contributed by atoms with van der Waals surface area (Å²) >= 11 is 0. The quantitative estimate of drug-likeness (QED) is 0.349. The molecule has 1 aliphatic carbocycles. The van der Waals surface area contributed by atoms with Gasteiger partial charge in [0.15, 0.2) is 0 Å². The number of hydrogen-bond donors (Lipinski definition) is 2. The predicted molar refractivity (Wildman–Crippen MR) is 138 cm³/mol. The molecule has 0 bridgehead atoms. The predicted octanol–water partition coefficient (Wildman–Crippen LogP) is 3.83. The van der Waals surface area contributed by atoms with Crippen LogP contribution in [0.3, 0.4) is 0 Å². The molecule has 3 rings (SSSR count). The van der Waals surface area contributed by atoms with Crippen LogP contribution in [0.25, 0.3) is 0 Å². The van der Waals surface area contributed by atoms with Crippen LogP contribution in [-0.2, 0) is 28.7 Å². The third-order valence-corrected chi connectivity index (χ3v) is 8.39. The van der Waals surface area contributed by atoms with Gasteiger partial charge in [0, 0.05) is 26.0 Å². The van der Waals surface area contributed by atoms with E-state index in [1.54, 1.807) is 7.11 Å². The first-order valence-corrected chi connectivity index (χ1v) is 14.4. The molecule has 2 saturated heterocycles. The summed E-state index contributed by atoms with van der Waals surface area (Å²) in [4.78, 5) is 53.4. The molecule has 9 heteroatoms. The van der Waals surface area contributed by atoms with Gasteiger partial charge in [0.2, 0.25) is 11.8 Å². The first-order valence-electron chi connectivity index (χ1n) is 14.4. The Morgan fingerprint density at radius 2 is 1.76 bits per heavy atom. The van der Waals surface area contributed by atoms with Gasteiger partial charge in [0.05, 0.1) is 19.1 Å². The average Bonchev–Trinajstić information content (AvgIpc) is 3.39. The first kappa shape index (κ1) is 29.4. The molecule has 0 unspecified atom stereocenters. The summed E-state index contributed by atoms with van der Waals surface area (Å²) in [5, 5.41) is 12.7. The topological polar surface area (TPSA) is 122 Å². The highest BCUT2D eigenvalue weighted by molar-refractivity contribution is 5.95. The number of aliphatic carboxylic acids is 1. The number of esters is 1. The highest BCUT2D eigenvalue weighted by atomic mass is 16.5. The minimum absolute atomic E-state index is 0.00373. The highest BCUT2D eigenvalue weighted by Crippen LogP contribution is 2.47. The largest absolute Gasteiger partial charge is 0.479 e. The summed E-state index contributed by atoms with van der Waals surface area (Å²) in [7, 11) is 1.55. The second kappa shape index (κ2) is 14.1. The Morgan fingerprint density at radius 3 is 2.43 bits per heavy atom. The Labute approximate surface area is 221 Å². The van der Waals surface area contributed by atoms with E-state index in [4.69, 9.17) is 9.47 Å². The molecule has 0 spiro atoms. The Bertz CT molecular complexity index is 803. The fourth-order valence-electron chi connectivity index (χ4n) is 5.92. The van der Waals surface area contributed by atoms with E-state index in [2.05, 4.69) is 12.2 Å². The number of rotatable bonds is 9. The van der Waals surface area contributed by atoms with Gasteiger partial charge in [0.1, 0.15) is 11.6 Å². The number of carbonyl (C=O) groups is 4. The Morgan fingerprint density at radius 1 is 1.05 bits per heavy atom. The molecule has 0 aromatic heterocycles. The lowest BCUT2D eigenvalue weighted by Crippen LogP contribution is -2.54. The van der Waals surface area contributed by atoms with Gasteiger partial charge < -0.3 is 24.8 Å². The zero-order chi connectivity index (χ0) is 26.8. The van der Waals surface area contributed by atoms with E-state index >= 15 is 0 Å². The van der Waals surface area contributed by atoms with Gasteiger partial charge in [-0.25, -0.2) is 4.79 Å². The van der Waals surface area contributed by atoms with Crippen LogP contribution in [-0.4, -0.2) is 71.7 Å². The van der Waals surface area contributed by atoms with E-state index in [0.717, 1.165) is 70.6 Å². The molecule has 37 heavy (non-hydrogen) atoms. The molecule has 2 heterocycles. The van der Waals surface area contributed by atoms with Gasteiger partial charge in [-0.15, -0.1) is 0 Å². The highest BCUT2D eigenvalue weighted by Gasteiger charge is 2.61. The van der Waals surface area contributed by atoms with Crippen molar-refractivity contribution in [3.63, 3.8) is 0 Å². The molecule has 0 radical (unpaired) electrons. The number of methoxy groups -OCH3 is 1. The molecule has 2 amide bonds. The third-order valence-electron chi connectivity index (χ3n) is 8.39. The first-order chi connectivity index (χ1) is 17.8. The van der Waals surface area contributed by atoms with Gasteiger partial charge in [0.25, 0.3) is 0 Å². The number of nitrogens with one attached hydrogen (secondary N) is 1. The minimum atomic E-state index is -1.24. The third kappa shape index (κ3) is 7.91. The van der Waals surface area contributed by atoms with E-state index in [1.165, 1.54) is 4.90 Å². The molecule has 0 aromatic carbocycles.